The standard InChI is InChI=1S/C23H40N2O6/c1-2-3-6-11-18(31-21-14-9-10-17-30-21)15-16-25-19(22(28)24-23(25)29)12-7-4-5-8-13-20(26)27/h18-19,21H,2-17H2,1H3,(H,26,27)(H,24,28,29). The number of rotatable bonds is 16. The summed E-state index contributed by atoms with van der Waals surface area (Å²) in [5.41, 5.74) is 0. The lowest BCUT2D eigenvalue weighted by molar-refractivity contribution is -0.191. The highest BCUT2D eigenvalue weighted by atomic mass is 16.7. The Bertz CT molecular complexity index is 564. The summed E-state index contributed by atoms with van der Waals surface area (Å²) in [5, 5.41) is 11.1. The van der Waals surface area contributed by atoms with Gasteiger partial charge in [0.1, 0.15) is 6.04 Å². The number of nitrogens with one attached hydrogen (secondary N) is 1. The quantitative estimate of drug-likeness (QED) is 0.275. The molecule has 0 radical (unpaired) electrons. The minimum atomic E-state index is -0.777. The molecule has 0 spiro atoms. The largest absolute Gasteiger partial charge is 0.481 e. The number of ether oxygens (including phenoxy) is 2. The second kappa shape index (κ2) is 14.4. The first kappa shape index (κ1) is 25.6. The van der Waals surface area contributed by atoms with E-state index < -0.39 is 12.0 Å². The van der Waals surface area contributed by atoms with Crippen LogP contribution in [0.4, 0.5) is 4.79 Å². The molecular weight excluding hydrogens is 400 g/mol. The predicted octanol–water partition coefficient (Wildman–Crippen LogP) is 4.21. The van der Waals surface area contributed by atoms with Crippen molar-refractivity contribution in [1.29, 1.82) is 0 Å². The number of urea groups is 1. The van der Waals surface area contributed by atoms with Crippen molar-refractivity contribution in [3.63, 3.8) is 0 Å². The number of nitrogens with zero attached hydrogens (tertiary/aromatic N) is 1. The molecule has 2 fully saturated rings. The van der Waals surface area contributed by atoms with Gasteiger partial charge < -0.3 is 19.5 Å². The van der Waals surface area contributed by atoms with Crippen LogP contribution in [0.2, 0.25) is 0 Å². The highest BCUT2D eigenvalue weighted by Gasteiger charge is 2.37. The molecular formula is C23H40N2O6. The molecule has 0 aliphatic carbocycles. The van der Waals surface area contributed by atoms with Crippen molar-refractivity contribution < 1.29 is 29.0 Å². The number of hydrogen-bond acceptors (Lipinski definition) is 5. The summed E-state index contributed by atoms with van der Waals surface area (Å²) in [6, 6.07) is -0.753. The number of carboxylic acid groups (broad SMARTS) is 1. The fourth-order valence-corrected chi connectivity index (χ4v) is 4.27. The molecule has 2 heterocycles. The first-order chi connectivity index (χ1) is 15.0. The van der Waals surface area contributed by atoms with Crippen LogP contribution in [0.25, 0.3) is 0 Å². The Morgan fingerprint density at radius 2 is 1.97 bits per heavy atom. The van der Waals surface area contributed by atoms with Gasteiger partial charge >= 0.3 is 12.0 Å². The summed E-state index contributed by atoms with van der Waals surface area (Å²) >= 11 is 0. The van der Waals surface area contributed by atoms with Gasteiger partial charge in [0.25, 0.3) is 5.91 Å². The molecule has 0 saturated carbocycles. The summed E-state index contributed by atoms with van der Waals surface area (Å²) < 4.78 is 12.0. The molecule has 0 aromatic carbocycles. The lowest BCUT2D eigenvalue weighted by atomic mass is 10.0. The molecule has 3 amide bonds. The predicted molar refractivity (Wildman–Crippen MR) is 117 cm³/mol. The third-order valence-electron chi connectivity index (χ3n) is 6.09. The van der Waals surface area contributed by atoms with Gasteiger partial charge in [0.05, 0.1) is 6.10 Å². The van der Waals surface area contributed by atoms with Crippen LogP contribution in [0.5, 0.6) is 0 Å². The number of carbonyl (C=O) groups is 3. The van der Waals surface area contributed by atoms with Gasteiger partial charge in [-0.25, -0.2) is 4.79 Å². The zero-order chi connectivity index (χ0) is 22.5. The van der Waals surface area contributed by atoms with Crippen LogP contribution in [-0.2, 0) is 19.1 Å². The number of imide groups is 1. The second-order valence-corrected chi connectivity index (χ2v) is 8.69. The molecule has 8 heteroatoms. The fourth-order valence-electron chi connectivity index (χ4n) is 4.27. The molecule has 2 N–H and O–H groups in total. The first-order valence-electron chi connectivity index (χ1n) is 12.1. The van der Waals surface area contributed by atoms with Gasteiger partial charge in [0.2, 0.25) is 0 Å². The lowest BCUT2D eigenvalue weighted by Crippen LogP contribution is -2.38. The highest BCUT2D eigenvalue weighted by Crippen LogP contribution is 2.22. The molecule has 0 bridgehead atoms. The van der Waals surface area contributed by atoms with Crippen LogP contribution in [0, 0.1) is 0 Å². The molecule has 0 aromatic heterocycles. The minimum Gasteiger partial charge on any atom is -0.481 e. The van der Waals surface area contributed by atoms with E-state index in [1.54, 1.807) is 4.90 Å². The smallest absolute Gasteiger partial charge is 0.324 e. The zero-order valence-corrected chi connectivity index (χ0v) is 19.0. The van der Waals surface area contributed by atoms with E-state index in [-0.39, 0.29) is 30.8 Å². The van der Waals surface area contributed by atoms with Gasteiger partial charge in [-0.15, -0.1) is 0 Å². The van der Waals surface area contributed by atoms with Gasteiger partial charge in [-0.05, 0) is 44.9 Å². The van der Waals surface area contributed by atoms with Crippen molar-refractivity contribution in [3.05, 3.63) is 0 Å². The fraction of sp³-hybridized carbons (Fsp3) is 0.870. The number of carbonyl (C=O) groups excluding carboxylic acids is 2. The Balaban J connectivity index is 1.81. The second-order valence-electron chi connectivity index (χ2n) is 8.69. The normalized spacial score (nSPS) is 22.5. The summed E-state index contributed by atoms with van der Waals surface area (Å²) in [5.74, 6) is -1.00. The summed E-state index contributed by atoms with van der Waals surface area (Å²) in [4.78, 5) is 36.8. The van der Waals surface area contributed by atoms with E-state index in [9.17, 15) is 14.4 Å². The van der Waals surface area contributed by atoms with E-state index in [0.29, 0.717) is 25.8 Å². The average Bonchev–Trinajstić information content (AvgIpc) is 3.01. The van der Waals surface area contributed by atoms with E-state index in [1.165, 1.54) is 0 Å². The molecule has 0 aromatic rings. The van der Waals surface area contributed by atoms with E-state index in [1.807, 2.05) is 0 Å². The van der Waals surface area contributed by atoms with Gasteiger partial charge in [-0.3, -0.25) is 14.9 Å². The van der Waals surface area contributed by atoms with Gasteiger partial charge in [0, 0.05) is 19.6 Å². The Labute approximate surface area is 186 Å². The van der Waals surface area contributed by atoms with E-state index in [2.05, 4.69) is 12.2 Å². The number of aliphatic carboxylic acids is 1. The van der Waals surface area contributed by atoms with Gasteiger partial charge in [0.15, 0.2) is 6.29 Å². The van der Waals surface area contributed by atoms with Crippen LogP contribution < -0.4 is 5.32 Å². The third kappa shape index (κ3) is 9.56. The third-order valence-corrected chi connectivity index (χ3v) is 6.09. The Hall–Kier alpha value is -1.67. The number of unbranched alkanes of at least 4 members (excludes halogenated alkanes) is 5. The molecule has 2 aliphatic rings. The molecule has 2 saturated heterocycles. The monoisotopic (exact) mass is 440 g/mol. The first-order valence-corrected chi connectivity index (χ1v) is 12.1. The summed E-state index contributed by atoms with van der Waals surface area (Å²) in [6.07, 6.45) is 11.9. The van der Waals surface area contributed by atoms with Crippen molar-refractivity contribution >= 4 is 17.9 Å². The van der Waals surface area contributed by atoms with Crippen LogP contribution >= 0.6 is 0 Å². The molecule has 3 unspecified atom stereocenters. The van der Waals surface area contributed by atoms with E-state index in [4.69, 9.17) is 14.6 Å². The van der Waals surface area contributed by atoms with Crippen molar-refractivity contribution in [1.82, 2.24) is 10.2 Å². The number of carboxylic acids is 1. The van der Waals surface area contributed by atoms with Crippen LogP contribution in [0.15, 0.2) is 0 Å². The maximum atomic E-state index is 12.3. The van der Waals surface area contributed by atoms with Crippen molar-refractivity contribution in [2.45, 2.75) is 115 Å². The maximum absolute atomic E-state index is 12.3. The molecule has 3 atom stereocenters. The van der Waals surface area contributed by atoms with Gasteiger partial charge in [-0.1, -0.05) is 45.4 Å². The minimum absolute atomic E-state index is 0.0230. The molecule has 8 nitrogen and oxygen atoms in total. The van der Waals surface area contributed by atoms with Gasteiger partial charge in [-0.2, -0.15) is 0 Å². The average molecular weight is 441 g/mol. The Morgan fingerprint density at radius 1 is 1.16 bits per heavy atom. The highest BCUT2D eigenvalue weighted by molar-refractivity contribution is 6.04. The Kier molecular flexibility index (Phi) is 11.9. The van der Waals surface area contributed by atoms with Crippen LogP contribution in [0.3, 0.4) is 0 Å². The summed E-state index contributed by atoms with van der Waals surface area (Å²) in [7, 11) is 0. The molecule has 31 heavy (non-hydrogen) atoms. The van der Waals surface area contributed by atoms with E-state index >= 15 is 0 Å². The molecule has 2 aliphatic heterocycles. The lowest BCUT2D eigenvalue weighted by Gasteiger charge is -2.29. The maximum Gasteiger partial charge on any atom is 0.324 e. The van der Waals surface area contributed by atoms with Crippen molar-refractivity contribution in [2.75, 3.05) is 13.2 Å². The summed E-state index contributed by atoms with van der Waals surface area (Å²) in [6.45, 7) is 3.40. The number of amides is 3. The van der Waals surface area contributed by atoms with Crippen LogP contribution in [0.1, 0.15) is 96.8 Å². The van der Waals surface area contributed by atoms with Crippen molar-refractivity contribution in [2.24, 2.45) is 0 Å². The van der Waals surface area contributed by atoms with Crippen LogP contribution in [-0.4, -0.2) is 59.5 Å². The number of hydrogen-bond donors (Lipinski definition) is 2. The Morgan fingerprint density at radius 3 is 2.68 bits per heavy atom. The van der Waals surface area contributed by atoms with E-state index in [0.717, 1.165) is 70.8 Å². The molecule has 2 rings (SSSR count). The zero-order valence-electron chi connectivity index (χ0n) is 19.0. The molecule has 178 valence electrons. The SMILES string of the molecule is CCCCCC(CCN1C(=O)NC(=O)C1CCCCCCC(=O)O)OC1CCCCO1. The topological polar surface area (TPSA) is 105 Å². The van der Waals surface area contributed by atoms with Crippen molar-refractivity contribution in [3.8, 4) is 0 Å².